The predicted octanol–water partition coefficient (Wildman–Crippen LogP) is 4.39. The molecule has 2 aromatic rings. The van der Waals surface area contributed by atoms with Crippen molar-refractivity contribution in [3.63, 3.8) is 0 Å². The maximum Gasteiger partial charge on any atom is 0.330 e. The molecule has 0 radical (unpaired) electrons. The van der Waals surface area contributed by atoms with Crippen LogP contribution in [0.3, 0.4) is 0 Å². The lowest BCUT2D eigenvalue weighted by molar-refractivity contribution is -0.138. The van der Waals surface area contributed by atoms with Crippen LogP contribution >= 0.6 is 0 Å². The Bertz CT molecular complexity index is 925. The second-order valence-electron chi connectivity index (χ2n) is 7.28. The molecule has 0 bridgehead atoms. The first-order valence-corrected chi connectivity index (χ1v) is 11.6. The van der Waals surface area contributed by atoms with Crippen molar-refractivity contribution in [1.29, 1.82) is 0 Å². The Morgan fingerprint density at radius 3 is 1.43 bits per heavy atom. The molecule has 37 heavy (non-hydrogen) atoms. The van der Waals surface area contributed by atoms with Crippen molar-refractivity contribution in [3.8, 4) is 11.5 Å². The normalized spacial score (nSPS) is 12.9. The van der Waals surface area contributed by atoms with Gasteiger partial charge in [-0.2, -0.15) is 0 Å². The van der Waals surface area contributed by atoms with Crippen molar-refractivity contribution in [2.24, 2.45) is 0 Å². The average molecular weight is 521 g/mol. The molecule has 0 spiro atoms. The number of carbonyl (C=O) groups excluding carboxylic acids is 2. The lowest BCUT2D eigenvalue weighted by Crippen LogP contribution is -2.26. The molecule has 10 heteroatoms. The van der Waals surface area contributed by atoms with Crippen LogP contribution in [0.4, 0.5) is 8.78 Å². The molecule has 0 amide bonds. The van der Waals surface area contributed by atoms with Gasteiger partial charge in [-0.3, -0.25) is 0 Å². The molecule has 200 valence electrons. The Labute approximate surface area is 214 Å². The van der Waals surface area contributed by atoms with Gasteiger partial charge in [0.1, 0.15) is 55.3 Å². The molecule has 0 aliphatic carbocycles. The molecule has 0 aromatic heterocycles. The highest BCUT2D eigenvalue weighted by Gasteiger charge is 2.13. The van der Waals surface area contributed by atoms with Gasteiger partial charge in [-0.1, -0.05) is 0 Å². The molecular weight excluding hydrogens is 490 g/mol. The first-order chi connectivity index (χ1) is 17.9. The van der Waals surface area contributed by atoms with Crippen molar-refractivity contribution in [2.45, 2.75) is 26.1 Å². The fourth-order valence-electron chi connectivity index (χ4n) is 2.70. The zero-order valence-electron chi connectivity index (χ0n) is 20.6. The molecular formula is C27H30F2O8. The zero-order valence-corrected chi connectivity index (χ0v) is 20.6. The Morgan fingerprint density at radius 2 is 1.08 bits per heavy atom. The lowest BCUT2D eigenvalue weighted by atomic mass is 10.3. The number of ether oxygens (including phenoxy) is 6. The van der Waals surface area contributed by atoms with E-state index in [1.807, 2.05) is 0 Å². The summed E-state index contributed by atoms with van der Waals surface area (Å²) in [6.45, 7) is 3.50. The van der Waals surface area contributed by atoms with Gasteiger partial charge in [0.15, 0.2) is 0 Å². The van der Waals surface area contributed by atoms with Crippen LogP contribution in [0.15, 0.2) is 72.8 Å². The highest BCUT2D eigenvalue weighted by molar-refractivity contribution is 5.82. The molecule has 0 aliphatic heterocycles. The van der Waals surface area contributed by atoms with Crippen LogP contribution in [-0.2, 0) is 28.5 Å². The van der Waals surface area contributed by atoms with Gasteiger partial charge in [0.25, 0.3) is 0 Å². The van der Waals surface area contributed by atoms with E-state index in [1.54, 1.807) is 13.8 Å². The van der Waals surface area contributed by atoms with Gasteiger partial charge in [0.05, 0.1) is 13.2 Å². The van der Waals surface area contributed by atoms with Crippen LogP contribution in [0.5, 0.6) is 11.5 Å². The maximum absolute atomic E-state index is 13.1. The van der Waals surface area contributed by atoms with Crippen molar-refractivity contribution in [3.05, 3.63) is 84.5 Å². The van der Waals surface area contributed by atoms with Crippen LogP contribution in [0.2, 0.25) is 0 Å². The molecule has 1 unspecified atom stereocenters. The van der Waals surface area contributed by atoms with E-state index in [2.05, 4.69) is 0 Å². The summed E-state index contributed by atoms with van der Waals surface area (Å²) in [5.74, 6) is -1.10. The van der Waals surface area contributed by atoms with Gasteiger partial charge in [0.2, 0.25) is 0 Å². The highest BCUT2D eigenvalue weighted by atomic mass is 19.1. The minimum absolute atomic E-state index is 0.0136. The van der Waals surface area contributed by atoms with Crippen LogP contribution in [0.25, 0.3) is 0 Å². The van der Waals surface area contributed by atoms with Crippen LogP contribution < -0.4 is 9.47 Å². The number of halogens is 2. The Kier molecular flexibility index (Phi) is 13.4. The minimum atomic E-state index is -0.734. The zero-order chi connectivity index (χ0) is 26.9. The summed E-state index contributed by atoms with van der Waals surface area (Å²) in [4.78, 5) is 23.4. The number of esters is 2. The summed E-state index contributed by atoms with van der Waals surface area (Å²) in [5.41, 5.74) is 0. The third-order valence-electron chi connectivity index (χ3n) is 4.49. The van der Waals surface area contributed by atoms with Crippen molar-refractivity contribution in [1.82, 2.24) is 0 Å². The average Bonchev–Trinajstić information content (AvgIpc) is 2.88. The fraction of sp³-hybridized carbons (Fsp3) is 0.333. The van der Waals surface area contributed by atoms with E-state index in [1.165, 1.54) is 72.8 Å². The summed E-state index contributed by atoms with van der Waals surface area (Å²) < 4.78 is 58.6. The number of benzene rings is 2. The van der Waals surface area contributed by atoms with Crippen molar-refractivity contribution < 1.29 is 46.8 Å². The standard InChI is InChI=1S/C27H30F2O8/c1-3-32-26(30)15-13-24(17-34-22-9-5-20(28)6-10-22)36-19-37-25(14-16-27(31)33-4-2)18-35-23-11-7-21(29)8-12-23/h5-16,24-25H,3-4,17-19H2,1-2H3/b15-13+,16-14+/t24-,25?/m1/s1. The van der Waals surface area contributed by atoms with Gasteiger partial charge < -0.3 is 28.4 Å². The third-order valence-corrected chi connectivity index (χ3v) is 4.49. The first kappa shape index (κ1) is 29.5. The minimum Gasteiger partial charge on any atom is -0.491 e. The van der Waals surface area contributed by atoms with Gasteiger partial charge in [-0.15, -0.1) is 0 Å². The Hall–Kier alpha value is -3.76. The monoisotopic (exact) mass is 520 g/mol. The van der Waals surface area contributed by atoms with Crippen LogP contribution in [0, 0.1) is 11.6 Å². The Balaban J connectivity index is 1.99. The van der Waals surface area contributed by atoms with Gasteiger partial charge in [-0.05, 0) is 74.5 Å². The summed E-state index contributed by atoms with van der Waals surface area (Å²) in [6, 6.07) is 10.9. The predicted molar refractivity (Wildman–Crippen MR) is 130 cm³/mol. The van der Waals surface area contributed by atoms with Crippen LogP contribution in [0.1, 0.15) is 13.8 Å². The lowest BCUT2D eigenvalue weighted by Gasteiger charge is -2.19. The van der Waals surface area contributed by atoms with E-state index in [9.17, 15) is 18.4 Å². The van der Waals surface area contributed by atoms with E-state index in [-0.39, 0.29) is 33.2 Å². The molecule has 2 aromatic carbocycles. The smallest absolute Gasteiger partial charge is 0.330 e. The highest BCUT2D eigenvalue weighted by Crippen LogP contribution is 2.14. The topological polar surface area (TPSA) is 89.5 Å². The maximum atomic E-state index is 13.1. The number of hydrogen-bond donors (Lipinski definition) is 0. The molecule has 0 saturated heterocycles. The number of rotatable bonds is 16. The Morgan fingerprint density at radius 1 is 0.703 bits per heavy atom. The van der Waals surface area contributed by atoms with E-state index in [0.29, 0.717) is 11.5 Å². The summed E-state index contributed by atoms with van der Waals surface area (Å²) >= 11 is 0. The molecule has 0 saturated carbocycles. The quantitative estimate of drug-likeness (QED) is 0.183. The third kappa shape index (κ3) is 12.7. The first-order valence-electron chi connectivity index (χ1n) is 11.6. The molecule has 0 aliphatic rings. The number of hydrogen-bond acceptors (Lipinski definition) is 8. The molecule has 2 atom stereocenters. The van der Waals surface area contributed by atoms with Crippen LogP contribution in [-0.4, -0.2) is 57.4 Å². The van der Waals surface area contributed by atoms with E-state index in [4.69, 9.17) is 28.4 Å². The molecule has 0 fully saturated rings. The van der Waals surface area contributed by atoms with E-state index in [0.717, 1.165) is 0 Å². The second kappa shape index (κ2) is 16.8. The second-order valence-corrected chi connectivity index (χ2v) is 7.28. The molecule has 0 heterocycles. The van der Waals surface area contributed by atoms with Gasteiger partial charge >= 0.3 is 11.9 Å². The number of carbonyl (C=O) groups is 2. The summed E-state index contributed by atoms with van der Waals surface area (Å²) in [5, 5.41) is 0. The van der Waals surface area contributed by atoms with Crippen molar-refractivity contribution >= 4 is 11.9 Å². The van der Waals surface area contributed by atoms with Crippen molar-refractivity contribution in [2.75, 3.05) is 33.2 Å². The molecule has 0 N–H and O–H groups in total. The largest absolute Gasteiger partial charge is 0.491 e. The van der Waals surface area contributed by atoms with Gasteiger partial charge in [-0.25, -0.2) is 18.4 Å². The molecule has 8 nitrogen and oxygen atoms in total. The SMILES string of the molecule is CCOC(=O)/C=C/C(COc1ccc(F)cc1)OCO[C@H](/C=C/C(=O)OCC)COc1ccc(F)cc1. The molecule has 2 rings (SSSR count). The van der Waals surface area contributed by atoms with E-state index >= 15 is 0 Å². The summed E-state index contributed by atoms with van der Waals surface area (Å²) in [7, 11) is 0. The van der Waals surface area contributed by atoms with Gasteiger partial charge in [0, 0.05) is 12.2 Å². The fourth-order valence-corrected chi connectivity index (χ4v) is 2.70. The van der Waals surface area contributed by atoms with E-state index < -0.39 is 35.8 Å². The summed E-state index contributed by atoms with van der Waals surface area (Å²) in [6.07, 6.45) is 3.84.